The molecule has 1 N–H and O–H groups in total. The van der Waals surface area contributed by atoms with E-state index in [4.69, 9.17) is 4.98 Å². The Morgan fingerprint density at radius 1 is 1.13 bits per heavy atom. The van der Waals surface area contributed by atoms with Gasteiger partial charge in [0.2, 0.25) is 0 Å². The highest BCUT2D eigenvalue weighted by Gasteiger charge is 2.26. The maximum atomic E-state index is 4.75. The molecule has 1 aliphatic carbocycles. The van der Waals surface area contributed by atoms with Crippen molar-refractivity contribution in [2.75, 3.05) is 0 Å². The molecule has 23 heavy (non-hydrogen) atoms. The first-order valence-electron chi connectivity index (χ1n) is 7.78. The summed E-state index contributed by atoms with van der Waals surface area (Å²) in [6, 6.07) is 15.9. The summed E-state index contributed by atoms with van der Waals surface area (Å²) in [6.45, 7) is 0. The van der Waals surface area contributed by atoms with Gasteiger partial charge in [-0.05, 0) is 48.2 Å². The largest absolute Gasteiger partial charge is 0.345 e. The monoisotopic (exact) mass is 316 g/mol. The summed E-state index contributed by atoms with van der Waals surface area (Å²) < 4.78 is 0. The molecule has 1 radical (unpaired) electrons. The number of imidazole rings is 1. The van der Waals surface area contributed by atoms with Gasteiger partial charge in [-0.1, -0.05) is 18.2 Å². The van der Waals surface area contributed by atoms with Crippen LogP contribution in [-0.4, -0.2) is 15.0 Å². The lowest BCUT2D eigenvalue weighted by Crippen LogP contribution is -1.82. The second-order valence-corrected chi connectivity index (χ2v) is 6.84. The van der Waals surface area contributed by atoms with E-state index in [-0.39, 0.29) is 0 Å². The van der Waals surface area contributed by atoms with Crippen molar-refractivity contribution in [1.82, 2.24) is 15.0 Å². The van der Waals surface area contributed by atoms with Crippen LogP contribution in [0.25, 0.3) is 32.7 Å². The van der Waals surface area contributed by atoms with Crippen molar-refractivity contribution in [3.8, 4) is 21.7 Å². The highest BCUT2D eigenvalue weighted by atomic mass is 32.1. The summed E-state index contributed by atoms with van der Waals surface area (Å²) in [5, 5.41) is 3.27. The number of hydrogen-bond acceptors (Lipinski definition) is 3. The summed E-state index contributed by atoms with van der Waals surface area (Å²) in [5.74, 6) is 0.708. The van der Waals surface area contributed by atoms with Crippen LogP contribution < -0.4 is 0 Å². The van der Waals surface area contributed by atoms with Crippen molar-refractivity contribution in [3.63, 3.8) is 0 Å². The van der Waals surface area contributed by atoms with Gasteiger partial charge in [0.25, 0.3) is 0 Å². The van der Waals surface area contributed by atoms with E-state index >= 15 is 0 Å². The van der Waals surface area contributed by atoms with Gasteiger partial charge in [0.15, 0.2) is 0 Å². The molecule has 111 valence electrons. The quantitative estimate of drug-likeness (QED) is 0.576. The van der Waals surface area contributed by atoms with E-state index in [2.05, 4.69) is 51.7 Å². The van der Waals surface area contributed by atoms with Crippen LogP contribution in [0.2, 0.25) is 0 Å². The van der Waals surface area contributed by atoms with Crippen molar-refractivity contribution < 1.29 is 0 Å². The fourth-order valence-corrected chi connectivity index (χ4v) is 3.71. The molecule has 0 bridgehead atoms. The van der Waals surface area contributed by atoms with Gasteiger partial charge in [-0.15, -0.1) is 11.3 Å². The van der Waals surface area contributed by atoms with Crippen molar-refractivity contribution >= 4 is 22.4 Å². The van der Waals surface area contributed by atoms with Crippen LogP contribution in [0.1, 0.15) is 24.5 Å². The zero-order chi connectivity index (χ0) is 15.2. The summed E-state index contributed by atoms with van der Waals surface area (Å²) in [5.41, 5.74) is 6.69. The Bertz CT molecular complexity index is 977. The third-order valence-corrected chi connectivity index (χ3v) is 5.21. The van der Waals surface area contributed by atoms with Crippen molar-refractivity contribution in [2.24, 2.45) is 0 Å². The van der Waals surface area contributed by atoms with Crippen LogP contribution in [0.3, 0.4) is 0 Å². The third-order valence-electron chi connectivity index (χ3n) is 4.32. The number of nitrogens with one attached hydrogen (secondary N) is 1. The Balaban J connectivity index is 1.47. The van der Waals surface area contributed by atoms with E-state index in [1.54, 1.807) is 17.7 Å². The molecule has 2 aromatic heterocycles. The Morgan fingerprint density at radius 2 is 2.04 bits per heavy atom. The fourth-order valence-electron chi connectivity index (χ4n) is 2.83. The Morgan fingerprint density at radius 3 is 2.87 bits per heavy atom. The lowest BCUT2D eigenvalue weighted by Gasteiger charge is -2.03. The SMILES string of the molecule is [c]1cc(-c2ccc3[nH]cnc3c2)ccc1-c1nc(C2CC2)cs1. The minimum absolute atomic E-state index is 0.708. The van der Waals surface area contributed by atoms with E-state index in [1.165, 1.54) is 18.5 Å². The van der Waals surface area contributed by atoms with Crippen LogP contribution >= 0.6 is 11.3 Å². The normalized spacial score (nSPS) is 14.4. The molecule has 4 aromatic rings. The maximum Gasteiger partial charge on any atom is 0.124 e. The van der Waals surface area contributed by atoms with E-state index < -0.39 is 0 Å². The minimum atomic E-state index is 0.708. The molecule has 1 saturated carbocycles. The number of benzene rings is 2. The molecule has 2 aromatic carbocycles. The second-order valence-electron chi connectivity index (χ2n) is 5.98. The van der Waals surface area contributed by atoms with Gasteiger partial charge in [0.1, 0.15) is 5.01 Å². The Kier molecular flexibility index (Phi) is 2.85. The highest BCUT2D eigenvalue weighted by Crippen LogP contribution is 2.41. The molecule has 4 heteroatoms. The van der Waals surface area contributed by atoms with Gasteiger partial charge in [-0.3, -0.25) is 0 Å². The molecule has 1 aliphatic rings. The number of rotatable bonds is 3. The Hall–Kier alpha value is -2.46. The van der Waals surface area contributed by atoms with Crippen molar-refractivity contribution in [3.05, 3.63) is 59.9 Å². The van der Waals surface area contributed by atoms with Crippen LogP contribution in [0.5, 0.6) is 0 Å². The van der Waals surface area contributed by atoms with E-state index in [1.807, 2.05) is 6.07 Å². The molecular weight excluding hydrogens is 302 g/mol. The molecule has 0 aliphatic heterocycles. The molecule has 5 rings (SSSR count). The third kappa shape index (κ3) is 2.35. The van der Waals surface area contributed by atoms with E-state index in [0.717, 1.165) is 32.7 Å². The topological polar surface area (TPSA) is 41.6 Å². The van der Waals surface area contributed by atoms with Gasteiger partial charge in [0, 0.05) is 16.9 Å². The number of nitrogens with zero attached hydrogens (tertiary/aromatic N) is 2. The summed E-state index contributed by atoms with van der Waals surface area (Å²) >= 11 is 1.72. The zero-order valence-electron chi connectivity index (χ0n) is 12.4. The number of H-pyrrole nitrogens is 1. The molecule has 0 spiro atoms. The standard InChI is InChI=1S/C19H14N3S/c1-5-14(19-22-18(10-23-19)13-3-4-13)6-2-12(1)15-7-8-16-17(9-15)21-11-20-16/h1-2,5,7-11,13H,3-4H2,(H,20,21). The summed E-state index contributed by atoms with van der Waals surface area (Å²) in [6.07, 6.45) is 4.31. The lowest BCUT2D eigenvalue weighted by molar-refractivity contribution is 1.05. The van der Waals surface area contributed by atoms with Crippen molar-refractivity contribution in [2.45, 2.75) is 18.8 Å². The molecule has 0 unspecified atom stereocenters. The number of thiazole rings is 1. The first-order valence-corrected chi connectivity index (χ1v) is 8.66. The zero-order valence-corrected chi connectivity index (χ0v) is 13.2. The molecule has 0 saturated heterocycles. The summed E-state index contributed by atoms with van der Waals surface area (Å²) in [4.78, 5) is 12.2. The fraction of sp³-hybridized carbons (Fsp3) is 0.158. The van der Waals surface area contributed by atoms with Crippen LogP contribution in [0.15, 0.2) is 48.1 Å². The van der Waals surface area contributed by atoms with Crippen molar-refractivity contribution in [1.29, 1.82) is 0 Å². The molecule has 0 atom stereocenters. The number of hydrogen-bond donors (Lipinski definition) is 1. The van der Waals surface area contributed by atoms with Gasteiger partial charge in [0.05, 0.1) is 23.1 Å². The summed E-state index contributed by atoms with van der Waals surface area (Å²) in [7, 11) is 0. The minimum Gasteiger partial charge on any atom is -0.345 e. The van der Waals surface area contributed by atoms with Crippen LogP contribution in [-0.2, 0) is 0 Å². The lowest BCUT2D eigenvalue weighted by atomic mass is 10.0. The number of aromatic amines is 1. The highest BCUT2D eigenvalue weighted by molar-refractivity contribution is 7.13. The molecular formula is C19H14N3S. The molecule has 0 amide bonds. The Labute approximate surface area is 138 Å². The van der Waals surface area contributed by atoms with Gasteiger partial charge < -0.3 is 4.98 Å². The van der Waals surface area contributed by atoms with E-state index in [0.29, 0.717) is 5.92 Å². The predicted octanol–water partition coefficient (Wildman–Crippen LogP) is 5.03. The van der Waals surface area contributed by atoms with Crippen LogP contribution in [0, 0.1) is 6.07 Å². The molecule has 3 nitrogen and oxygen atoms in total. The smallest absolute Gasteiger partial charge is 0.124 e. The van der Waals surface area contributed by atoms with Gasteiger partial charge in [-0.2, -0.15) is 0 Å². The average molecular weight is 316 g/mol. The van der Waals surface area contributed by atoms with Crippen LogP contribution in [0.4, 0.5) is 0 Å². The second kappa shape index (κ2) is 5.03. The number of aromatic nitrogens is 3. The maximum absolute atomic E-state index is 4.75. The van der Waals surface area contributed by atoms with Gasteiger partial charge >= 0.3 is 0 Å². The molecule has 1 fully saturated rings. The first-order chi connectivity index (χ1) is 11.4. The average Bonchev–Trinajstić information content (AvgIpc) is 3.14. The molecule has 2 heterocycles. The number of fused-ring (bicyclic) bond motifs is 1. The first kappa shape index (κ1) is 13.0. The van der Waals surface area contributed by atoms with E-state index in [9.17, 15) is 0 Å². The van der Waals surface area contributed by atoms with Gasteiger partial charge in [-0.25, -0.2) is 9.97 Å². The predicted molar refractivity (Wildman–Crippen MR) is 93.4 cm³/mol.